The highest BCUT2D eigenvalue weighted by molar-refractivity contribution is 7.99. The van der Waals surface area contributed by atoms with E-state index in [1.807, 2.05) is 17.9 Å². The Hall–Kier alpha value is -3.39. The van der Waals surface area contributed by atoms with Crippen LogP contribution in [0.25, 0.3) is 32.9 Å². The second-order valence-corrected chi connectivity index (χ2v) is 14.4. The van der Waals surface area contributed by atoms with E-state index in [-0.39, 0.29) is 36.0 Å². The van der Waals surface area contributed by atoms with Crippen molar-refractivity contribution in [1.82, 2.24) is 29.1 Å². The third-order valence-corrected chi connectivity index (χ3v) is 11.5. The number of anilines is 1. The van der Waals surface area contributed by atoms with Crippen LogP contribution in [0, 0.1) is 0 Å². The van der Waals surface area contributed by atoms with Crippen molar-refractivity contribution < 1.29 is 17.9 Å². The number of benzene rings is 2. The number of aromatic nitrogens is 4. The highest BCUT2D eigenvalue weighted by Gasteiger charge is 2.47. The minimum absolute atomic E-state index is 0.0221. The first kappa shape index (κ1) is 30.9. The predicted molar refractivity (Wildman–Crippen MR) is 178 cm³/mol. The maximum Gasteiger partial charge on any atom is 0.417 e. The van der Waals surface area contributed by atoms with E-state index in [0.717, 1.165) is 31.3 Å². The van der Waals surface area contributed by atoms with E-state index in [9.17, 15) is 4.79 Å². The van der Waals surface area contributed by atoms with Crippen molar-refractivity contribution in [3.63, 3.8) is 0 Å². The Morgan fingerprint density at radius 3 is 2.64 bits per heavy atom. The number of rotatable bonds is 6. The molecule has 0 radical (unpaired) electrons. The fourth-order valence-electron chi connectivity index (χ4n) is 7.99. The molecule has 4 aliphatic rings. The zero-order valence-corrected chi connectivity index (χ0v) is 27.5. The molecule has 13 heteroatoms. The van der Waals surface area contributed by atoms with Gasteiger partial charge in [-0.3, -0.25) is 14.1 Å². The molecule has 0 N–H and O–H groups in total. The minimum atomic E-state index is -4.66. The zero-order chi connectivity index (χ0) is 32.8. The Morgan fingerprint density at radius 1 is 1.13 bits per heavy atom. The number of halogens is 3. The Morgan fingerprint density at radius 2 is 1.91 bits per heavy atom. The smallest absolute Gasteiger partial charge is 0.350 e. The van der Waals surface area contributed by atoms with Crippen LogP contribution in [0.3, 0.4) is 0 Å². The molecule has 47 heavy (non-hydrogen) atoms. The quantitative estimate of drug-likeness (QED) is 0.197. The number of nitrogens with zero attached hydrogens (tertiary/aromatic N) is 7. The predicted octanol–water partition coefficient (Wildman–Crippen LogP) is 5.52. The molecular formula is C34H38F3N7O2S. The van der Waals surface area contributed by atoms with Gasteiger partial charge in [0, 0.05) is 71.3 Å². The molecule has 3 unspecified atom stereocenters. The molecule has 2 aromatic carbocycles. The lowest BCUT2D eigenvalue weighted by Gasteiger charge is -2.44. The first-order chi connectivity index (χ1) is 22.5. The SMILES string of the molecule is C=CC1OC1N1C[C@H](C)N(c2nc(=O)n3c4c(c(-c5cccc6cnn(C)c56)c(C(F)(F)F)cc24)SCC3CN2CCCC2)C[C@H]1C. The number of hydrogen-bond acceptors (Lipinski definition) is 8. The molecular weight excluding hydrogens is 627 g/mol. The van der Waals surface area contributed by atoms with Gasteiger partial charge in [-0.2, -0.15) is 23.3 Å². The van der Waals surface area contributed by atoms with Gasteiger partial charge < -0.3 is 14.5 Å². The first-order valence-corrected chi connectivity index (χ1v) is 17.3. The molecule has 0 spiro atoms. The summed E-state index contributed by atoms with van der Waals surface area (Å²) in [4.78, 5) is 26.0. The van der Waals surface area contributed by atoms with E-state index in [1.165, 1.54) is 17.8 Å². The summed E-state index contributed by atoms with van der Waals surface area (Å²) in [6.07, 6.45) is 0.927. The number of ether oxygens (including phenoxy) is 1. The topological polar surface area (TPSA) is 75.0 Å². The van der Waals surface area contributed by atoms with E-state index in [2.05, 4.69) is 33.4 Å². The molecule has 4 aliphatic heterocycles. The molecule has 2 aromatic heterocycles. The Labute approximate surface area is 275 Å². The van der Waals surface area contributed by atoms with Gasteiger partial charge in [0.25, 0.3) is 0 Å². The third kappa shape index (κ3) is 5.08. The van der Waals surface area contributed by atoms with Gasteiger partial charge in [0.1, 0.15) is 18.1 Å². The number of para-hydroxylation sites is 1. The molecule has 0 amide bonds. The number of likely N-dealkylation sites (tertiary alicyclic amines) is 1. The number of thioether (sulfide) groups is 1. The summed E-state index contributed by atoms with van der Waals surface area (Å²) in [6, 6.07) is 6.30. The van der Waals surface area contributed by atoms with Crippen LogP contribution in [-0.2, 0) is 18.0 Å². The standard InChI is InChI=1S/C34H38F3N7O2S/c1-5-26-32(46-26)43-16-19(2)42(15-20(43)3)31-24-13-25(34(35,36)37)27(23-10-8-9-21-14-38-40(4)28(21)23)30-29(24)44(33(45)39-31)22(18-47-30)17-41-11-6-7-12-41/h5,8-10,13-14,19-20,22,26,32H,1,6-7,11-12,15-18H2,2-4H3/t19-,20+,22?,26?,32?/m0/s1. The van der Waals surface area contributed by atoms with Crippen LogP contribution in [0.1, 0.15) is 38.3 Å². The summed E-state index contributed by atoms with van der Waals surface area (Å²) < 4.78 is 55.1. The number of aryl methyl sites for hydroxylation is 1. The van der Waals surface area contributed by atoms with Gasteiger partial charge in [-0.25, -0.2) is 4.79 Å². The van der Waals surface area contributed by atoms with Gasteiger partial charge in [0.05, 0.1) is 28.8 Å². The van der Waals surface area contributed by atoms with Crippen LogP contribution < -0.4 is 10.6 Å². The van der Waals surface area contributed by atoms with Crippen LogP contribution in [0.5, 0.6) is 0 Å². The fourth-order valence-corrected chi connectivity index (χ4v) is 9.31. The first-order valence-electron chi connectivity index (χ1n) is 16.3. The average molecular weight is 666 g/mol. The Bertz CT molecular complexity index is 1950. The number of hydrogen-bond donors (Lipinski definition) is 0. The van der Waals surface area contributed by atoms with Crippen molar-refractivity contribution in [3.8, 4) is 11.1 Å². The molecule has 248 valence electrons. The maximum atomic E-state index is 15.3. The van der Waals surface area contributed by atoms with Crippen LogP contribution in [0.15, 0.2) is 52.8 Å². The summed E-state index contributed by atoms with van der Waals surface area (Å²) in [5.74, 6) is 0.796. The van der Waals surface area contributed by atoms with Gasteiger partial charge in [-0.1, -0.05) is 24.3 Å². The van der Waals surface area contributed by atoms with Crippen LogP contribution >= 0.6 is 11.8 Å². The monoisotopic (exact) mass is 665 g/mol. The summed E-state index contributed by atoms with van der Waals surface area (Å²) in [5.41, 5.74) is 0.569. The molecule has 3 saturated heterocycles. The lowest BCUT2D eigenvalue weighted by molar-refractivity contribution is -0.137. The molecule has 8 rings (SSSR count). The highest BCUT2D eigenvalue weighted by atomic mass is 32.2. The molecule has 0 aliphatic carbocycles. The summed E-state index contributed by atoms with van der Waals surface area (Å²) in [5, 5.41) is 5.48. The van der Waals surface area contributed by atoms with E-state index in [4.69, 9.17) is 4.74 Å². The third-order valence-electron chi connectivity index (χ3n) is 10.3. The average Bonchev–Trinajstić information content (AvgIpc) is 3.45. The molecule has 5 atom stereocenters. The van der Waals surface area contributed by atoms with Crippen molar-refractivity contribution in [3.05, 3.63) is 59.2 Å². The lowest BCUT2D eigenvalue weighted by atomic mass is 9.94. The van der Waals surface area contributed by atoms with E-state index in [1.54, 1.807) is 40.7 Å². The van der Waals surface area contributed by atoms with E-state index >= 15 is 13.2 Å². The van der Waals surface area contributed by atoms with Gasteiger partial charge >= 0.3 is 11.9 Å². The summed E-state index contributed by atoms with van der Waals surface area (Å²) >= 11 is 1.43. The van der Waals surface area contributed by atoms with Crippen LogP contribution in [-0.4, -0.2) is 92.0 Å². The Balaban J connectivity index is 1.37. The molecule has 6 heterocycles. The number of piperazine rings is 1. The van der Waals surface area contributed by atoms with Crippen molar-refractivity contribution in [2.75, 3.05) is 43.4 Å². The van der Waals surface area contributed by atoms with Crippen molar-refractivity contribution in [2.45, 2.75) is 68.2 Å². The molecule has 3 fully saturated rings. The second-order valence-electron chi connectivity index (χ2n) is 13.4. The van der Waals surface area contributed by atoms with Crippen LogP contribution in [0.4, 0.5) is 19.0 Å². The lowest BCUT2D eigenvalue weighted by Crippen LogP contribution is -2.58. The Kier molecular flexibility index (Phi) is 7.47. The van der Waals surface area contributed by atoms with Crippen molar-refractivity contribution >= 4 is 39.4 Å². The van der Waals surface area contributed by atoms with E-state index in [0.29, 0.717) is 58.1 Å². The minimum Gasteiger partial charge on any atom is -0.350 e. The van der Waals surface area contributed by atoms with Crippen LogP contribution in [0.2, 0.25) is 0 Å². The normalized spacial score (nSPS) is 26.9. The van der Waals surface area contributed by atoms with Crippen molar-refractivity contribution in [2.24, 2.45) is 7.05 Å². The number of alkyl halides is 3. The second kappa shape index (κ2) is 11.4. The van der Waals surface area contributed by atoms with Gasteiger partial charge in [0.15, 0.2) is 0 Å². The molecule has 0 saturated carbocycles. The summed E-state index contributed by atoms with van der Waals surface area (Å²) in [7, 11) is 1.75. The number of epoxide rings is 1. The zero-order valence-electron chi connectivity index (χ0n) is 26.7. The van der Waals surface area contributed by atoms with Gasteiger partial charge in [-0.05, 0) is 45.8 Å². The highest BCUT2D eigenvalue weighted by Crippen LogP contribution is 2.51. The molecule has 9 nitrogen and oxygen atoms in total. The van der Waals surface area contributed by atoms with E-state index < -0.39 is 17.4 Å². The van der Waals surface area contributed by atoms with Gasteiger partial charge in [-0.15, -0.1) is 18.3 Å². The largest absolute Gasteiger partial charge is 0.417 e. The molecule has 0 bridgehead atoms. The molecule has 4 aromatic rings. The fraction of sp³-hybridized carbons (Fsp3) is 0.500. The van der Waals surface area contributed by atoms with Crippen molar-refractivity contribution in [1.29, 1.82) is 0 Å². The summed E-state index contributed by atoms with van der Waals surface area (Å²) in [6.45, 7) is 11.6. The number of fused-ring (bicyclic) bond motifs is 1. The van der Waals surface area contributed by atoms with Gasteiger partial charge in [0.2, 0.25) is 0 Å². The maximum absolute atomic E-state index is 15.3.